The number of nitrogens with one attached hydrogen (secondary N) is 1. The van der Waals surface area contributed by atoms with Crippen LogP contribution in [-0.2, 0) is 9.59 Å². The van der Waals surface area contributed by atoms with Crippen molar-refractivity contribution in [3.8, 4) is 5.75 Å². The van der Waals surface area contributed by atoms with Crippen molar-refractivity contribution in [1.82, 2.24) is 4.90 Å². The van der Waals surface area contributed by atoms with Gasteiger partial charge in [-0.1, -0.05) is 11.6 Å². The van der Waals surface area contributed by atoms with Crippen LogP contribution in [-0.4, -0.2) is 56.1 Å². The first-order chi connectivity index (χ1) is 13.8. The number of hydrogen-bond donors (Lipinski definition) is 1. The molecule has 0 aliphatic carbocycles. The van der Waals surface area contributed by atoms with Crippen molar-refractivity contribution >= 4 is 52.5 Å². The first-order valence-corrected chi connectivity index (χ1v) is 10.1. The van der Waals surface area contributed by atoms with Gasteiger partial charge in [0.05, 0.1) is 23.6 Å². The third-order valence-corrected chi connectivity index (χ3v) is 5.64. The molecule has 1 aliphatic heterocycles. The average Bonchev–Trinajstić information content (AvgIpc) is 2.69. The van der Waals surface area contributed by atoms with Gasteiger partial charge >= 0.3 is 0 Å². The van der Waals surface area contributed by atoms with Crippen LogP contribution in [0.3, 0.4) is 0 Å². The Kier molecular flexibility index (Phi) is 6.34. The van der Waals surface area contributed by atoms with Crippen molar-refractivity contribution in [2.24, 2.45) is 0 Å². The molecule has 0 atom stereocenters. The van der Waals surface area contributed by atoms with Crippen molar-refractivity contribution < 1.29 is 19.1 Å². The van der Waals surface area contributed by atoms with Crippen LogP contribution < -0.4 is 15.0 Å². The molecule has 0 bridgehead atoms. The molecule has 7 nitrogen and oxygen atoms in total. The Morgan fingerprint density at radius 1 is 1.24 bits per heavy atom. The second-order valence-electron chi connectivity index (χ2n) is 6.55. The fourth-order valence-electron chi connectivity index (χ4n) is 2.85. The lowest BCUT2D eigenvalue weighted by atomic mass is 10.1. The molecular formula is C20H20ClN3O4S. The van der Waals surface area contributed by atoms with Crippen LogP contribution in [0.1, 0.15) is 10.4 Å². The molecule has 3 amide bonds. The highest BCUT2D eigenvalue weighted by Gasteiger charge is 2.28. The molecule has 0 aromatic heterocycles. The van der Waals surface area contributed by atoms with Gasteiger partial charge in [0, 0.05) is 30.2 Å². The molecule has 0 spiro atoms. The van der Waals surface area contributed by atoms with Crippen LogP contribution >= 0.6 is 23.4 Å². The summed E-state index contributed by atoms with van der Waals surface area (Å²) in [5.74, 6) is -0.00930. The highest BCUT2D eigenvalue weighted by molar-refractivity contribution is 8.00. The number of nitrogens with zero attached hydrogens (tertiary/aromatic N) is 2. The maximum Gasteiger partial charge on any atom is 0.253 e. The Balaban J connectivity index is 1.81. The third kappa shape index (κ3) is 4.65. The van der Waals surface area contributed by atoms with Crippen molar-refractivity contribution in [2.75, 3.05) is 43.7 Å². The highest BCUT2D eigenvalue weighted by Crippen LogP contribution is 2.36. The molecular weight excluding hydrogens is 414 g/mol. The average molecular weight is 434 g/mol. The fraction of sp³-hybridized carbons (Fsp3) is 0.250. The predicted octanol–water partition coefficient (Wildman–Crippen LogP) is 3.13. The third-order valence-electron chi connectivity index (χ3n) is 4.29. The summed E-state index contributed by atoms with van der Waals surface area (Å²) in [6.07, 6.45) is 0. The van der Waals surface area contributed by atoms with Crippen LogP contribution in [0.5, 0.6) is 5.75 Å². The molecule has 152 valence electrons. The van der Waals surface area contributed by atoms with Gasteiger partial charge in [0.1, 0.15) is 12.3 Å². The number of benzene rings is 2. The van der Waals surface area contributed by atoms with Gasteiger partial charge in [-0.2, -0.15) is 0 Å². The molecule has 0 radical (unpaired) electrons. The smallest absolute Gasteiger partial charge is 0.253 e. The number of amides is 3. The van der Waals surface area contributed by atoms with E-state index in [1.165, 1.54) is 28.7 Å². The van der Waals surface area contributed by atoms with Crippen LogP contribution in [0.15, 0.2) is 41.3 Å². The molecule has 0 saturated carbocycles. The first kappa shape index (κ1) is 21.0. The zero-order chi connectivity index (χ0) is 21.1. The lowest BCUT2D eigenvalue weighted by Crippen LogP contribution is -2.41. The highest BCUT2D eigenvalue weighted by atomic mass is 35.5. The largest absolute Gasteiger partial charge is 0.495 e. The molecule has 0 saturated heterocycles. The number of fused-ring (bicyclic) bond motifs is 1. The number of carbonyl (C=O) groups excluding carboxylic acids is 3. The molecule has 1 N–H and O–H groups in total. The van der Waals surface area contributed by atoms with Gasteiger partial charge in [0.2, 0.25) is 11.8 Å². The Labute approximate surface area is 177 Å². The maximum absolute atomic E-state index is 12.6. The molecule has 29 heavy (non-hydrogen) atoms. The molecule has 1 aliphatic rings. The number of methoxy groups -OCH3 is 1. The van der Waals surface area contributed by atoms with E-state index in [-0.39, 0.29) is 30.0 Å². The van der Waals surface area contributed by atoms with Crippen molar-refractivity contribution in [3.05, 3.63) is 47.0 Å². The summed E-state index contributed by atoms with van der Waals surface area (Å²) in [6.45, 7) is -0.171. The molecule has 2 aromatic rings. The van der Waals surface area contributed by atoms with E-state index in [1.807, 2.05) is 0 Å². The maximum atomic E-state index is 12.6. The van der Waals surface area contributed by atoms with Crippen LogP contribution in [0, 0.1) is 0 Å². The van der Waals surface area contributed by atoms with Crippen molar-refractivity contribution in [2.45, 2.75) is 4.90 Å². The van der Waals surface area contributed by atoms with Gasteiger partial charge in [0.25, 0.3) is 5.91 Å². The fourth-order valence-corrected chi connectivity index (χ4v) is 4.03. The zero-order valence-corrected chi connectivity index (χ0v) is 17.8. The summed E-state index contributed by atoms with van der Waals surface area (Å²) >= 11 is 7.48. The monoisotopic (exact) mass is 433 g/mol. The van der Waals surface area contributed by atoms with E-state index in [0.29, 0.717) is 27.7 Å². The number of carbonyl (C=O) groups is 3. The SMILES string of the molecule is COc1ccc(NC(=O)CN2C(=O)CSc3ccc(C(=O)N(C)C)cc32)cc1Cl. The first-order valence-electron chi connectivity index (χ1n) is 8.72. The zero-order valence-electron chi connectivity index (χ0n) is 16.2. The van der Waals surface area contributed by atoms with E-state index >= 15 is 0 Å². The Morgan fingerprint density at radius 3 is 2.66 bits per heavy atom. The van der Waals surface area contributed by atoms with E-state index in [9.17, 15) is 14.4 Å². The summed E-state index contributed by atoms with van der Waals surface area (Å²) in [4.78, 5) is 41.0. The van der Waals surface area contributed by atoms with E-state index < -0.39 is 0 Å². The summed E-state index contributed by atoms with van der Waals surface area (Å²) in [5, 5.41) is 3.10. The van der Waals surface area contributed by atoms with Gasteiger partial charge < -0.3 is 19.9 Å². The Bertz CT molecular complexity index is 980. The molecule has 9 heteroatoms. The normalized spacial score (nSPS) is 13.0. The van der Waals surface area contributed by atoms with Gasteiger partial charge in [-0.05, 0) is 36.4 Å². The number of hydrogen-bond acceptors (Lipinski definition) is 5. The second kappa shape index (κ2) is 8.75. The van der Waals surface area contributed by atoms with Gasteiger partial charge in [-0.25, -0.2) is 0 Å². The number of ether oxygens (including phenoxy) is 1. The molecule has 1 heterocycles. The van der Waals surface area contributed by atoms with Crippen molar-refractivity contribution in [3.63, 3.8) is 0 Å². The Morgan fingerprint density at radius 2 is 2.00 bits per heavy atom. The number of halogens is 1. The van der Waals surface area contributed by atoms with Gasteiger partial charge in [0.15, 0.2) is 0 Å². The minimum Gasteiger partial charge on any atom is -0.495 e. The van der Waals surface area contributed by atoms with E-state index in [0.717, 1.165) is 4.90 Å². The van der Waals surface area contributed by atoms with Gasteiger partial charge in [-0.3, -0.25) is 14.4 Å². The van der Waals surface area contributed by atoms with Gasteiger partial charge in [-0.15, -0.1) is 11.8 Å². The van der Waals surface area contributed by atoms with Crippen LogP contribution in [0.25, 0.3) is 0 Å². The number of anilines is 2. The number of thioether (sulfide) groups is 1. The van der Waals surface area contributed by atoms with E-state index in [2.05, 4.69) is 5.32 Å². The van der Waals surface area contributed by atoms with E-state index in [1.54, 1.807) is 50.5 Å². The minimum atomic E-state index is -0.373. The molecule has 2 aromatic carbocycles. The quantitative estimate of drug-likeness (QED) is 0.783. The summed E-state index contributed by atoms with van der Waals surface area (Å²) < 4.78 is 5.10. The predicted molar refractivity (Wildman–Crippen MR) is 114 cm³/mol. The minimum absolute atomic E-state index is 0.171. The molecule has 3 rings (SSSR count). The lowest BCUT2D eigenvalue weighted by molar-refractivity contribution is -0.120. The lowest BCUT2D eigenvalue weighted by Gasteiger charge is -2.29. The van der Waals surface area contributed by atoms with Crippen molar-refractivity contribution in [1.29, 1.82) is 0 Å². The summed E-state index contributed by atoms with van der Waals surface area (Å²) in [5.41, 5.74) is 1.51. The summed E-state index contributed by atoms with van der Waals surface area (Å²) in [6, 6.07) is 10.1. The molecule has 0 unspecified atom stereocenters. The van der Waals surface area contributed by atoms with E-state index in [4.69, 9.17) is 16.3 Å². The summed E-state index contributed by atoms with van der Waals surface area (Å²) in [7, 11) is 4.83. The topological polar surface area (TPSA) is 79.0 Å². The second-order valence-corrected chi connectivity index (χ2v) is 7.97. The molecule has 0 fully saturated rings. The van der Waals surface area contributed by atoms with Crippen LogP contribution in [0.4, 0.5) is 11.4 Å². The Hall–Kier alpha value is -2.71. The van der Waals surface area contributed by atoms with Crippen LogP contribution in [0.2, 0.25) is 5.02 Å². The standard InChI is InChI=1S/C20H20ClN3O4S/c1-23(2)20(27)12-4-7-17-15(8-12)24(19(26)11-29-17)10-18(25)22-13-5-6-16(28-3)14(21)9-13/h4-9H,10-11H2,1-3H3,(H,22,25). The number of rotatable bonds is 5.